The van der Waals surface area contributed by atoms with Gasteiger partial charge in [-0.3, -0.25) is 0 Å². The van der Waals surface area contributed by atoms with E-state index in [9.17, 15) is 13.2 Å². The standard InChI is InChI=1S/C12H21F3N4O/c1-4-6-16-9(3)10-17-18-11(20-10)19(7-5-2)8-12(13,14)15/h9,16H,4-8H2,1-3H3. The number of nitrogens with zero attached hydrogens (tertiary/aromatic N) is 3. The summed E-state index contributed by atoms with van der Waals surface area (Å²) < 4.78 is 42.9. The van der Waals surface area contributed by atoms with Crippen molar-refractivity contribution < 1.29 is 17.6 Å². The molecule has 1 unspecified atom stereocenters. The molecule has 1 rings (SSSR count). The molecular weight excluding hydrogens is 273 g/mol. The first kappa shape index (κ1) is 16.7. The van der Waals surface area contributed by atoms with Gasteiger partial charge in [-0.15, -0.1) is 5.10 Å². The fraction of sp³-hybridized carbons (Fsp3) is 0.833. The van der Waals surface area contributed by atoms with Crippen LogP contribution in [0, 0.1) is 0 Å². The maximum Gasteiger partial charge on any atom is 0.406 e. The first-order valence-corrected chi connectivity index (χ1v) is 6.75. The van der Waals surface area contributed by atoms with Gasteiger partial charge < -0.3 is 14.6 Å². The summed E-state index contributed by atoms with van der Waals surface area (Å²) in [5, 5.41) is 10.7. The Bertz CT molecular complexity index is 394. The summed E-state index contributed by atoms with van der Waals surface area (Å²) >= 11 is 0. The lowest BCUT2D eigenvalue weighted by atomic mass is 10.3. The fourth-order valence-corrected chi connectivity index (χ4v) is 1.71. The normalized spacial score (nSPS) is 13.5. The van der Waals surface area contributed by atoms with E-state index in [1.807, 2.05) is 13.8 Å². The SMILES string of the molecule is CCCNC(C)c1nnc(N(CCC)CC(F)(F)F)o1. The van der Waals surface area contributed by atoms with Crippen LogP contribution in [0.1, 0.15) is 45.5 Å². The number of nitrogens with one attached hydrogen (secondary N) is 1. The van der Waals surface area contributed by atoms with E-state index < -0.39 is 12.7 Å². The molecule has 0 bridgehead atoms. The van der Waals surface area contributed by atoms with Crippen molar-refractivity contribution in [3.8, 4) is 0 Å². The average molecular weight is 294 g/mol. The van der Waals surface area contributed by atoms with Gasteiger partial charge in [0.25, 0.3) is 0 Å². The zero-order valence-electron chi connectivity index (χ0n) is 12.0. The Morgan fingerprint density at radius 2 is 1.95 bits per heavy atom. The average Bonchev–Trinajstić information content (AvgIpc) is 2.83. The number of rotatable bonds is 8. The van der Waals surface area contributed by atoms with E-state index in [1.54, 1.807) is 6.92 Å². The molecule has 1 aromatic rings. The molecule has 0 spiro atoms. The molecule has 1 N–H and O–H groups in total. The zero-order chi connectivity index (χ0) is 15.2. The van der Waals surface area contributed by atoms with Crippen LogP contribution >= 0.6 is 0 Å². The molecule has 5 nitrogen and oxygen atoms in total. The Hall–Kier alpha value is -1.31. The van der Waals surface area contributed by atoms with E-state index in [1.165, 1.54) is 0 Å². The highest BCUT2D eigenvalue weighted by atomic mass is 19.4. The molecule has 116 valence electrons. The Morgan fingerprint density at radius 3 is 2.50 bits per heavy atom. The quantitative estimate of drug-likeness (QED) is 0.799. The van der Waals surface area contributed by atoms with E-state index in [-0.39, 0.29) is 18.6 Å². The molecule has 1 atom stereocenters. The highest BCUT2D eigenvalue weighted by Crippen LogP contribution is 2.23. The van der Waals surface area contributed by atoms with Crippen LogP contribution in [-0.2, 0) is 0 Å². The number of halogens is 3. The van der Waals surface area contributed by atoms with Crippen molar-refractivity contribution in [3.63, 3.8) is 0 Å². The first-order valence-electron chi connectivity index (χ1n) is 6.75. The van der Waals surface area contributed by atoms with Crippen LogP contribution in [0.4, 0.5) is 19.2 Å². The van der Waals surface area contributed by atoms with Gasteiger partial charge in [0.2, 0.25) is 5.89 Å². The summed E-state index contributed by atoms with van der Waals surface area (Å²) in [6, 6.07) is -0.255. The largest absolute Gasteiger partial charge is 0.406 e. The van der Waals surface area contributed by atoms with Crippen molar-refractivity contribution in [1.29, 1.82) is 0 Å². The molecule has 0 aliphatic rings. The van der Waals surface area contributed by atoms with E-state index in [0.29, 0.717) is 12.3 Å². The third kappa shape index (κ3) is 5.36. The molecule has 0 radical (unpaired) electrons. The molecule has 0 aliphatic carbocycles. The molecule has 0 saturated heterocycles. The van der Waals surface area contributed by atoms with Crippen molar-refractivity contribution in [1.82, 2.24) is 15.5 Å². The van der Waals surface area contributed by atoms with Gasteiger partial charge in [-0.25, -0.2) is 0 Å². The maximum absolute atomic E-state index is 12.5. The molecule has 0 fully saturated rings. The minimum atomic E-state index is -4.30. The van der Waals surface area contributed by atoms with E-state index in [4.69, 9.17) is 4.42 Å². The van der Waals surface area contributed by atoms with Crippen molar-refractivity contribution in [2.75, 3.05) is 24.5 Å². The number of hydrogen-bond donors (Lipinski definition) is 1. The molecule has 0 aliphatic heterocycles. The Balaban J connectivity index is 2.75. The van der Waals surface area contributed by atoms with Gasteiger partial charge in [0.1, 0.15) is 6.54 Å². The second kappa shape index (κ2) is 7.47. The minimum absolute atomic E-state index is 0.0793. The molecule has 0 aromatic carbocycles. The lowest BCUT2D eigenvalue weighted by Gasteiger charge is -2.20. The molecule has 1 aromatic heterocycles. The lowest BCUT2D eigenvalue weighted by Crippen LogP contribution is -2.35. The molecule has 1 heterocycles. The Labute approximate surface area is 116 Å². The molecule has 0 saturated carbocycles. The molecule has 8 heteroatoms. The number of alkyl halides is 3. The van der Waals surface area contributed by atoms with Crippen molar-refractivity contribution in [2.24, 2.45) is 0 Å². The van der Waals surface area contributed by atoms with Crippen LogP contribution in [0.5, 0.6) is 0 Å². The van der Waals surface area contributed by atoms with Gasteiger partial charge in [-0.2, -0.15) is 13.2 Å². The number of anilines is 1. The van der Waals surface area contributed by atoms with Crippen LogP contribution in [0.15, 0.2) is 4.42 Å². The number of hydrogen-bond acceptors (Lipinski definition) is 5. The summed E-state index contributed by atoms with van der Waals surface area (Å²) in [6.07, 6.45) is -2.78. The van der Waals surface area contributed by atoms with Crippen LogP contribution in [0.25, 0.3) is 0 Å². The van der Waals surface area contributed by atoms with Gasteiger partial charge in [0.15, 0.2) is 0 Å². The predicted octanol–water partition coefficient (Wildman–Crippen LogP) is 2.91. The van der Waals surface area contributed by atoms with Gasteiger partial charge in [-0.1, -0.05) is 18.9 Å². The van der Waals surface area contributed by atoms with Crippen molar-refractivity contribution >= 4 is 6.01 Å². The lowest BCUT2D eigenvalue weighted by molar-refractivity contribution is -0.120. The third-order valence-corrected chi connectivity index (χ3v) is 2.64. The fourth-order valence-electron chi connectivity index (χ4n) is 1.71. The van der Waals surface area contributed by atoms with E-state index >= 15 is 0 Å². The summed E-state index contributed by atoms with van der Waals surface area (Å²) in [5.74, 6) is 0.303. The first-order chi connectivity index (χ1) is 9.37. The molecule has 0 amide bonds. The third-order valence-electron chi connectivity index (χ3n) is 2.64. The highest BCUT2D eigenvalue weighted by Gasteiger charge is 2.32. The van der Waals surface area contributed by atoms with E-state index in [0.717, 1.165) is 17.9 Å². The second-order valence-electron chi connectivity index (χ2n) is 4.64. The van der Waals surface area contributed by atoms with Crippen LogP contribution in [-0.4, -0.2) is 36.0 Å². The van der Waals surface area contributed by atoms with Crippen molar-refractivity contribution in [2.45, 2.75) is 45.8 Å². The summed E-state index contributed by atoms with van der Waals surface area (Å²) in [7, 11) is 0. The molecule has 20 heavy (non-hydrogen) atoms. The zero-order valence-corrected chi connectivity index (χ0v) is 12.0. The van der Waals surface area contributed by atoms with Gasteiger partial charge in [0, 0.05) is 6.54 Å². The summed E-state index contributed by atoms with van der Waals surface area (Å²) in [4.78, 5) is 1.06. The second-order valence-corrected chi connectivity index (χ2v) is 4.64. The van der Waals surface area contributed by atoms with Crippen LogP contribution < -0.4 is 10.2 Å². The van der Waals surface area contributed by atoms with Gasteiger partial charge in [-0.05, 0) is 26.3 Å². The Morgan fingerprint density at radius 1 is 1.25 bits per heavy atom. The monoisotopic (exact) mass is 294 g/mol. The van der Waals surface area contributed by atoms with Crippen molar-refractivity contribution in [3.05, 3.63) is 5.89 Å². The van der Waals surface area contributed by atoms with Gasteiger partial charge in [0.05, 0.1) is 6.04 Å². The predicted molar refractivity (Wildman–Crippen MR) is 69.6 cm³/mol. The minimum Gasteiger partial charge on any atom is -0.406 e. The van der Waals surface area contributed by atoms with E-state index in [2.05, 4.69) is 15.5 Å². The topological polar surface area (TPSA) is 54.2 Å². The van der Waals surface area contributed by atoms with Crippen LogP contribution in [0.2, 0.25) is 0 Å². The summed E-state index contributed by atoms with van der Waals surface area (Å²) in [5.41, 5.74) is 0. The maximum atomic E-state index is 12.5. The summed E-state index contributed by atoms with van der Waals surface area (Å²) in [6.45, 7) is 5.56. The number of aromatic nitrogens is 2. The Kier molecular flexibility index (Phi) is 6.25. The van der Waals surface area contributed by atoms with Crippen LogP contribution in [0.3, 0.4) is 0 Å². The smallest absolute Gasteiger partial charge is 0.406 e. The van der Waals surface area contributed by atoms with Gasteiger partial charge >= 0.3 is 12.2 Å². The highest BCUT2D eigenvalue weighted by molar-refractivity contribution is 5.24. The molecular formula is C12H21F3N4O.